The van der Waals surface area contributed by atoms with Crippen LogP contribution >= 0.6 is 0 Å². The molecule has 1 unspecified atom stereocenters. The van der Waals surface area contributed by atoms with Crippen LogP contribution in [0.2, 0.25) is 0 Å². The fourth-order valence-electron chi connectivity index (χ4n) is 2.20. The first-order chi connectivity index (χ1) is 10.7. The van der Waals surface area contributed by atoms with E-state index in [9.17, 15) is 9.18 Å². The Hall–Kier alpha value is -2.22. The molecule has 1 amide bonds. The second-order valence-corrected chi connectivity index (χ2v) is 6.25. The van der Waals surface area contributed by atoms with Gasteiger partial charge in [0.15, 0.2) is 0 Å². The number of hydrogen-bond acceptors (Lipinski definition) is 5. The van der Waals surface area contributed by atoms with Crippen LogP contribution in [0.4, 0.5) is 9.18 Å². The molecule has 126 valence electrons. The van der Waals surface area contributed by atoms with Crippen molar-refractivity contribution in [1.82, 2.24) is 9.47 Å². The molecule has 23 heavy (non-hydrogen) atoms. The van der Waals surface area contributed by atoms with Crippen LogP contribution in [0.1, 0.15) is 20.8 Å². The topological polar surface area (TPSA) is 91.4 Å². The van der Waals surface area contributed by atoms with Gasteiger partial charge in [0.05, 0.1) is 13.2 Å². The summed E-state index contributed by atoms with van der Waals surface area (Å²) in [5, 5.41) is 16.1. The summed E-state index contributed by atoms with van der Waals surface area (Å²) in [6.07, 6.45) is 0.492. The van der Waals surface area contributed by atoms with Crippen molar-refractivity contribution < 1.29 is 18.7 Å². The Kier molecular flexibility index (Phi) is 4.84. The van der Waals surface area contributed by atoms with Gasteiger partial charge in [0.2, 0.25) is 0 Å². The first-order valence-electron chi connectivity index (χ1n) is 7.28. The summed E-state index contributed by atoms with van der Waals surface area (Å²) in [4.78, 5) is 13.7. The molecule has 7 nitrogen and oxygen atoms in total. The number of pyridine rings is 1. The Bertz CT molecular complexity index is 665. The lowest BCUT2D eigenvalue weighted by Crippen LogP contribution is -2.56. The molecule has 1 saturated heterocycles. The van der Waals surface area contributed by atoms with Crippen LogP contribution in [0, 0.1) is 16.6 Å². The lowest BCUT2D eigenvalue weighted by atomic mass is 10.2. The Labute approximate surface area is 133 Å². The second kappa shape index (κ2) is 6.49. The number of nitrogens with one attached hydrogen (secondary N) is 2. The third-order valence-electron chi connectivity index (χ3n) is 3.24. The van der Waals surface area contributed by atoms with Crippen LogP contribution in [-0.4, -0.2) is 52.8 Å². The standard InChI is InChI=1S/C15H21FN4O3/c1-15(2,3)23-14(21)19-6-7-22-9-11(19)13(18)20-8-10(16)4-5-12(20)17/h4-5,8,11,17-18H,6-7,9H2,1-3H3. The van der Waals surface area contributed by atoms with Gasteiger partial charge in [-0.05, 0) is 32.9 Å². The minimum absolute atomic E-state index is 0.0499. The fraction of sp³-hybridized carbons (Fsp3) is 0.533. The van der Waals surface area contributed by atoms with Crippen molar-refractivity contribution >= 4 is 11.9 Å². The first kappa shape index (κ1) is 17.1. The van der Waals surface area contributed by atoms with Gasteiger partial charge < -0.3 is 9.47 Å². The predicted molar refractivity (Wildman–Crippen MR) is 80.9 cm³/mol. The number of hydrogen-bond donors (Lipinski definition) is 2. The number of nitrogens with zero attached hydrogens (tertiary/aromatic N) is 2. The van der Waals surface area contributed by atoms with Crippen molar-refractivity contribution in [1.29, 1.82) is 10.8 Å². The van der Waals surface area contributed by atoms with Crippen molar-refractivity contribution in [3.63, 3.8) is 0 Å². The monoisotopic (exact) mass is 324 g/mol. The summed E-state index contributed by atoms with van der Waals surface area (Å²) >= 11 is 0. The van der Waals surface area contributed by atoms with Gasteiger partial charge in [0, 0.05) is 12.7 Å². The summed E-state index contributed by atoms with van der Waals surface area (Å²) in [6, 6.07) is 1.66. The zero-order chi connectivity index (χ0) is 17.2. The highest BCUT2D eigenvalue weighted by Crippen LogP contribution is 2.15. The maximum Gasteiger partial charge on any atom is 0.411 e. The number of ether oxygens (including phenoxy) is 2. The van der Waals surface area contributed by atoms with E-state index < -0.39 is 23.6 Å². The average Bonchev–Trinajstić information content (AvgIpc) is 2.47. The minimum Gasteiger partial charge on any atom is -0.444 e. The third-order valence-corrected chi connectivity index (χ3v) is 3.24. The largest absolute Gasteiger partial charge is 0.444 e. The molecule has 8 heteroatoms. The molecule has 0 aromatic carbocycles. The van der Waals surface area contributed by atoms with Gasteiger partial charge in [-0.25, -0.2) is 9.18 Å². The molecule has 1 atom stereocenters. The second-order valence-electron chi connectivity index (χ2n) is 6.25. The van der Waals surface area contributed by atoms with E-state index in [0.29, 0.717) is 6.61 Å². The van der Waals surface area contributed by atoms with Crippen LogP contribution in [-0.2, 0) is 9.47 Å². The van der Waals surface area contributed by atoms with Gasteiger partial charge >= 0.3 is 6.09 Å². The van der Waals surface area contributed by atoms with Crippen LogP contribution in [0.3, 0.4) is 0 Å². The van der Waals surface area contributed by atoms with Crippen molar-refractivity contribution in [2.75, 3.05) is 19.8 Å². The van der Waals surface area contributed by atoms with E-state index >= 15 is 0 Å². The van der Waals surface area contributed by atoms with E-state index in [4.69, 9.17) is 20.3 Å². The average molecular weight is 324 g/mol. The van der Waals surface area contributed by atoms with Gasteiger partial charge in [-0.3, -0.25) is 20.3 Å². The van der Waals surface area contributed by atoms with Crippen LogP contribution in [0.5, 0.6) is 0 Å². The van der Waals surface area contributed by atoms with Gasteiger partial charge in [-0.15, -0.1) is 0 Å². The number of aromatic nitrogens is 1. The molecule has 1 fully saturated rings. The molecular weight excluding hydrogens is 303 g/mol. The highest BCUT2D eigenvalue weighted by molar-refractivity contribution is 5.89. The highest BCUT2D eigenvalue weighted by atomic mass is 19.1. The molecule has 1 aromatic rings. The predicted octanol–water partition coefficient (Wildman–Crippen LogP) is 1.57. The third kappa shape index (κ3) is 4.16. The maximum atomic E-state index is 13.4. The van der Waals surface area contributed by atoms with Crippen molar-refractivity contribution in [2.24, 2.45) is 0 Å². The molecule has 2 heterocycles. The Balaban J connectivity index is 2.27. The van der Waals surface area contributed by atoms with E-state index in [0.717, 1.165) is 16.8 Å². The minimum atomic E-state index is -0.741. The molecular formula is C15H21FN4O3. The smallest absolute Gasteiger partial charge is 0.411 e. The SMILES string of the molecule is CC(C)(C)OC(=O)N1CCOCC1C(=N)n1cc(F)ccc1=N. The maximum absolute atomic E-state index is 13.4. The Morgan fingerprint density at radius 3 is 2.78 bits per heavy atom. The van der Waals surface area contributed by atoms with E-state index in [-0.39, 0.29) is 24.5 Å². The number of morpholine rings is 1. The highest BCUT2D eigenvalue weighted by Gasteiger charge is 2.34. The molecule has 1 aromatic heterocycles. The van der Waals surface area contributed by atoms with Gasteiger partial charge in [0.1, 0.15) is 28.8 Å². The zero-order valence-corrected chi connectivity index (χ0v) is 13.4. The van der Waals surface area contributed by atoms with Crippen LogP contribution in [0.15, 0.2) is 18.3 Å². The molecule has 1 aliphatic heterocycles. The summed E-state index contributed by atoms with van der Waals surface area (Å²) in [6.45, 7) is 5.98. The number of rotatable bonds is 1. The molecule has 0 aliphatic carbocycles. The Morgan fingerprint density at radius 2 is 2.13 bits per heavy atom. The lowest BCUT2D eigenvalue weighted by molar-refractivity contribution is -0.0186. The Morgan fingerprint density at radius 1 is 1.43 bits per heavy atom. The van der Waals surface area contributed by atoms with E-state index in [1.165, 1.54) is 11.0 Å². The molecule has 2 rings (SSSR count). The lowest BCUT2D eigenvalue weighted by Gasteiger charge is -2.36. The van der Waals surface area contributed by atoms with Crippen LogP contribution < -0.4 is 5.49 Å². The molecule has 0 radical (unpaired) electrons. The zero-order valence-electron chi connectivity index (χ0n) is 13.4. The number of amides is 1. The molecule has 2 N–H and O–H groups in total. The van der Waals surface area contributed by atoms with E-state index in [1.807, 2.05) is 0 Å². The van der Waals surface area contributed by atoms with Gasteiger partial charge in [-0.1, -0.05) is 0 Å². The van der Waals surface area contributed by atoms with Crippen molar-refractivity contribution in [3.8, 4) is 0 Å². The molecule has 1 aliphatic rings. The quantitative estimate of drug-likeness (QED) is 0.607. The summed E-state index contributed by atoms with van der Waals surface area (Å²) in [5.74, 6) is -0.675. The molecule has 0 spiro atoms. The van der Waals surface area contributed by atoms with E-state index in [1.54, 1.807) is 20.8 Å². The number of carbonyl (C=O) groups excluding carboxylic acids is 1. The summed E-state index contributed by atoms with van der Waals surface area (Å²) < 4.78 is 25.2. The van der Waals surface area contributed by atoms with Gasteiger partial charge in [-0.2, -0.15) is 0 Å². The fourth-order valence-corrected chi connectivity index (χ4v) is 2.20. The normalized spacial score (nSPS) is 18.6. The van der Waals surface area contributed by atoms with E-state index in [2.05, 4.69) is 0 Å². The van der Waals surface area contributed by atoms with Gasteiger partial charge in [0.25, 0.3) is 0 Å². The summed E-state index contributed by atoms with van der Waals surface area (Å²) in [7, 11) is 0. The molecule has 0 saturated carbocycles. The number of halogens is 1. The molecule has 0 bridgehead atoms. The number of carbonyl (C=O) groups is 1. The van der Waals surface area contributed by atoms with Crippen molar-refractivity contribution in [2.45, 2.75) is 32.4 Å². The first-order valence-corrected chi connectivity index (χ1v) is 7.28. The van der Waals surface area contributed by atoms with Crippen LogP contribution in [0.25, 0.3) is 0 Å². The van der Waals surface area contributed by atoms with Crippen molar-refractivity contribution in [3.05, 3.63) is 29.6 Å². The summed E-state index contributed by atoms with van der Waals surface area (Å²) in [5.41, 5.74) is -0.708.